The Bertz CT molecular complexity index is 265. The van der Waals surface area contributed by atoms with Crippen LogP contribution in [0.4, 0.5) is 5.00 Å². The molecule has 1 aliphatic rings. The molecule has 2 unspecified atom stereocenters. The molecule has 1 saturated carbocycles. The zero-order chi connectivity index (χ0) is 9.80. The summed E-state index contributed by atoms with van der Waals surface area (Å²) in [6.45, 7) is 0. The van der Waals surface area contributed by atoms with Crippen molar-refractivity contribution in [2.45, 2.75) is 37.8 Å². The van der Waals surface area contributed by atoms with E-state index < -0.39 is 0 Å². The number of aromatic nitrogens is 2. The van der Waals surface area contributed by atoms with E-state index in [0.717, 1.165) is 11.4 Å². The molecule has 0 bridgehead atoms. The molecule has 0 spiro atoms. The second-order valence-electron chi connectivity index (χ2n) is 3.59. The van der Waals surface area contributed by atoms with Crippen molar-refractivity contribution in [2.75, 3.05) is 12.4 Å². The summed E-state index contributed by atoms with van der Waals surface area (Å²) < 4.78 is 9.28. The molecule has 0 radical (unpaired) electrons. The van der Waals surface area contributed by atoms with E-state index in [4.69, 9.17) is 4.74 Å². The van der Waals surface area contributed by atoms with Gasteiger partial charge in [-0.25, -0.2) is 0 Å². The molecule has 0 amide bonds. The van der Waals surface area contributed by atoms with Crippen LogP contribution in [0.2, 0.25) is 0 Å². The first-order valence-electron chi connectivity index (χ1n) is 4.97. The number of nitrogens with zero attached hydrogens (tertiary/aromatic N) is 2. The highest BCUT2D eigenvalue weighted by atomic mass is 32.1. The van der Waals surface area contributed by atoms with E-state index in [1.54, 1.807) is 13.3 Å². The molecule has 2 atom stereocenters. The van der Waals surface area contributed by atoms with Crippen molar-refractivity contribution in [3.8, 4) is 0 Å². The Morgan fingerprint density at radius 2 is 2.36 bits per heavy atom. The van der Waals surface area contributed by atoms with Crippen LogP contribution in [-0.4, -0.2) is 28.8 Å². The largest absolute Gasteiger partial charge is 0.379 e. The van der Waals surface area contributed by atoms with Gasteiger partial charge in [0.25, 0.3) is 0 Å². The lowest BCUT2D eigenvalue weighted by atomic mass is 9.92. The summed E-state index contributed by atoms with van der Waals surface area (Å²) in [6, 6.07) is 0.427. The zero-order valence-electron chi connectivity index (χ0n) is 8.27. The van der Waals surface area contributed by atoms with Crippen molar-refractivity contribution in [3.63, 3.8) is 0 Å². The van der Waals surface area contributed by atoms with Crippen LogP contribution in [0.15, 0.2) is 6.20 Å². The van der Waals surface area contributed by atoms with Crippen LogP contribution in [0.3, 0.4) is 0 Å². The van der Waals surface area contributed by atoms with Gasteiger partial charge in [0.1, 0.15) is 5.00 Å². The van der Waals surface area contributed by atoms with E-state index in [1.807, 2.05) is 0 Å². The Morgan fingerprint density at radius 3 is 3.07 bits per heavy atom. The van der Waals surface area contributed by atoms with Gasteiger partial charge in [-0.3, -0.25) is 0 Å². The molecule has 1 aromatic heterocycles. The third-order valence-corrected chi connectivity index (χ3v) is 3.29. The summed E-state index contributed by atoms with van der Waals surface area (Å²) in [4.78, 5) is 0. The average molecular weight is 213 g/mol. The first kappa shape index (κ1) is 9.86. The van der Waals surface area contributed by atoms with Crippen molar-refractivity contribution < 1.29 is 4.74 Å². The third-order valence-electron chi connectivity index (χ3n) is 2.69. The van der Waals surface area contributed by atoms with Crippen LogP contribution < -0.4 is 5.32 Å². The second kappa shape index (κ2) is 4.70. The van der Waals surface area contributed by atoms with Gasteiger partial charge in [0, 0.05) is 18.6 Å². The molecular weight excluding hydrogens is 198 g/mol. The summed E-state index contributed by atoms with van der Waals surface area (Å²) in [6.07, 6.45) is 7.00. The van der Waals surface area contributed by atoms with Crippen molar-refractivity contribution in [3.05, 3.63) is 6.20 Å². The first-order valence-corrected chi connectivity index (χ1v) is 5.74. The van der Waals surface area contributed by atoms with E-state index in [9.17, 15) is 0 Å². The Labute approximate surface area is 87.8 Å². The van der Waals surface area contributed by atoms with Crippen LogP contribution in [0.25, 0.3) is 0 Å². The van der Waals surface area contributed by atoms with E-state index in [2.05, 4.69) is 14.9 Å². The Kier molecular flexibility index (Phi) is 3.31. The van der Waals surface area contributed by atoms with Crippen LogP contribution in [-0.2, 0) is 4.74 Å². The molecule has 1 aromatic rings. The molecule has 0 aliphatic heterocycles. The fourth-order valence-electron chi connectivity index (χ4n) is 1.96. The maximum absolute atomic E-state index is 5.45. The standard InChI is InChI=1S/C9H15N3OS/c1-13-8-5-3-2-4-7(8)11-9-6-10-12-14-9/h6-8,11H,2-5H2,1H3. The molecule has 0 aromatic carbocycles. The molecular formula is C9H15N3OS. The third kappa shape index (κ3) is 2.22. The number of nitrogens with one attached hydrogen (secondary N) is 1. The van der Waals surface area contributed by atoms with Crippen LogP contribution >= 0.6 is 11.5 Å². The lowest BCUT2D eigenvalue weighted by Gasteiger charge is -2.30. The van der Waals surface area contributed by atoms with Gasteiger partial charge in [-0.05, 0) is 12.8 Å². The van der Waals surface area contributed by atoms with Crippen LogP contribution in [0.5, 0.6) is 0 Å². The van der Waals surface area contributed by atoms with Gasteiger partial charge in [-0.1, -0.05) is 17.3 Å². The predicted molar refractivity (Wildman–Crippen MR) is 56.6 cm³/mol. The topological polar surface area (TPSA) is 47.0 Å². The van der Waals surface area contributed by atoms with Gasteiger partial charge < -0.3 is 10.1 Å². The molecule has 1 fully saturated rings. The zero-order valence-corrected chi connectivity index (χ0v) is 9.09. The molecule has 4 nitrogen and oxygen atoms in total. The molecule has 1 N–H and O–H groups in total. The van der Waals surface area contributed by atoms with Gasteiger partial charge in [0.15, 0.2) is 0 Å². The van der Waals surface area contributed by atoms with Gasteiger partial charge in [0.2, 0.25) is 0 Å². The van der Waals surface area contributed by atoms with E-state index in [1.165, 1.54) is 30.8 Å². The maximum atomic E-state index is 5.45. The van der Waals surface area contributed by atoms with Crippen LogP contribution in [0, 0.1) is 0 Å². The number of ether oxygens (including phenoxy) is 1. The van der Waals surface area contributed by atoms with E-state index >= 15 is 0 Å². The molecule has 0 saturated heterocycles. The Balaban J connectivity index is 1.94. The summed E-state index contributed by atoms with van der Waals surface area (Å²) >= 11 is 1.40. The Hall–Kier alpha value is -0.680. The van der Waals surface area contributed by atoms with Gasteiger partial charge in [0.05, 0.1) is 18.3 Å². The fourth-order valence-corrected chi connectivity index (χ4v) is 2.44. The van der Waals surface area contributed by atoms with Crippen molar-refractivity contribution in [2.24, 2.45) is 0 Å². The lowest BCUT2D eigenvalue weighted by molar-refractivity contribution is 0.0607. The highest BCUT2D eigenvalue weighted by molar-refractivity contribution is 7.09. The summed E-state index contributed by atoms with van der Waals surface area (Å²) in [5.74, 6) is 0. The second-order valence-corrected chi connectivity index (χ2v) is 4.38. The Morgan fingerprint density at radius 1 is 1.50 bits per heavy atom. The number of methoxy groups -OCH3 is 1. The maximum Gasteiger partial charge on any atom is 0.130 e. The fraction of sp³-hybridized carbons (Fsp3) is 0.778. The quantitative estimate of drug-likeness (QED) is 0.833. The van der Waals surface area contributed by atoms with Crippen molar-refractivity contribution in [1.82, 2.24) is 9.59 Å². The SMILES string of the molecule is COC1CCCCC1Nc1cnns1. The minimum absolute atomic E-state index is 0.339. The number of hydrogen-bond donors (Lipinski definition) is 1. The first-order chi connectivity index (χ1) is 6.90. The minimum atomic E-state index is 0.339. The van der Waals surface area contributed by atoms with E-state index in [0.29, 0.717) is 12.1 Å². The molecule has 14 heavy (non-hydrogen) atoms. The van der Waals surface area contributed by atoms with Gasteiger partial charge >= 0.3 is 0 Å². The van der Waals surface area contributed by atoms with Crippen molar-refractivity contribution >= 4 is 16.5 Å². The molecule has 78 valence electrons. The minimum Gasteiger partial charge on any atom is -0.379 e. The van der Waals surface area contributed by atoms with Crippen molar-refractivity contribution in [1.29, 1.82) is 0 Å². The molecule has 1 aliphatic carbocycles. The smallest absolute Gasteiger partial charge is 0.130 e. The lowest BCUT2D eigenvalue weighted by Crippen LogP contribution is -2.37. The highest BCUT2D eigenvalue weighted by Gasteiger charge is 2.24. The summed E-state index contributed by atoms with van der Waals surface area (Å²) in [7, 11) is 1.79. The molecule has 5 heteroatoms. The monoisotopic (exact) mass is 213 g/mol. The number of anilines is 1. The molecule has 2 rings (SSSR count). The van der Waals surface area contributed by atoms with Gasteiger partial charge in [-0.15, -0.1) is 5.10 Å². The predicted octanol–water partition coefficient (Wildman–Crippen LogP) is 1.91. The average Bonchev–Trinajstić information content (AvgIpc) is 2.71. The van der Waals surface area contributed by atoms with Gasteiger partial charge in [-0.2, -0.15) is 0 Å². The normalized spacial score (nSPS) is 27.5. The number of hydrogen-bond acceptors (Lipinski definition) is 5. The summed E-state index contributed by atoms with van der Waals surface area (Å²) in [5, 5.41) is 8.27. The molecule has 1 heterocycles. The summed E-state index contributed by atoms with van der Waals surface area (Å²) in [5.41, 5.74) is 0. The highest BCUT2D eigenvalue weighted by Crippen LogP contribution is 2.24. The number of rotatable bonds is 3. The van der Waals surface area contributed by atoms with Crippen LogP contribution in [0.1, 0.15) is 25.7 Å². The van der Waals surface area contributed by atoms with E-state index in [-0.39, 0.29) is 0 Å².